The summed E-state index contributed by atoms with van der Waals surface area (Å²) in [5.41, 5.74) is 0.919. The van der Waals surface area contributed by atoms with Gasteiger partial charge in [0.05, 0.1) is 13.2 Å². The number of nitriles is 1. The molecule has 1 aliphatic carbocycles. The fourth-order valence-electron chi connectivity index (χ4n) is 3.14. The number of anilines is 1. The number of hydrogen-bond donors (Lipinski definition) is 0. The maximum absolute atomic E-state index is 9.40. The highest BCUT2D eigenvalue weighted by atomic mass is 16.5. The number of piperidine rings is 2. The molecule has 0 spiro atoms. The fraction of sp³-hybridized carbons (Fsp3) is 0.500. The van der Waals surface area contributed by atoms with Crippen molar-refractivity contribution in [2.75, 3.05) is 18.6 Å². The van der Waals surface area contributed by atoms with Gasteiger partial charge in [0.25, 0.3) is 0 Å². The average Bonchev–Trinajstić information content (AvgIpc) is 2.37. The van der Waals surface area contributed by atoms with E-state index in [1.165, 1.54) is 6.42 Å². The van der Waals surface area contributed by atoms with Gasteiger partial charge in [-0.25, -0.2) is 0 Å². The topological polar surface area (TPSA) is 36.3 Å². The predicted octanol–water partition coefficient (Wildman–Crippen LogP) is 2.58. The molecular formula is C14H16N2O. The van der Waals surface area contributed by atoms with E-state index < -0.39 is 0 Å². The summed E-state index contributed by atoms with van der Waals surface area (Å²) < 4.78 is 5.16. The van der Waals surface area contributed by atoms with Crippen molar-refractivity contribution in [1.29, 1.82) is 5.26 Å². The van der Waals surface area contributed by atoms with Gasteiger partial charge in [-0.15, -0.1) is 0 Å². The highest BCUT2D eigenvalue weighted by Gasteiger charge is 2.52. The Kier molecular flexibility index (Phi) is 2.25. The van der Waals surface area contributed by atoms with Crippen LogP contribution >= 0.6 is 0 Å². The Bertz CT molecular complexity index is 454. The molecule has 2 saturated heterocycles. The summed E-state index contributed by atoms with van der Waals surface area (Å²) >= 11 is 0. The zero-order valence-corrected chi connectivity index (χ0v) is 10.0. The monoisotopic (exact) mass is 228 g/mol. The molecule has 17 heavy (non-hydrogen) atoms. The van der Waals surface area contributed by atoms with Crippen LogP contribution in [-0.2, 0) is 0 Å². The second-order valence-electron chi connectivity index (χ2n) is 5.06. The van der Waals surface area contributed by atoms with E-state index in [9.17, 15) is 5.26 Å². The Hall–Kier alpha value is -1.69. The summed E-state index contributed by atoms with van der Waals surface area (Å²) in [5, 5.41) is 9.40. The Labute approximate surface area is 102 Å². The molecule has 4 rings (SSSR count). The van der Waals surface area contributed by atoms with Gasteiger partial charge in [0.2, 0.25) is 0 Å². The van der Waals surface area contributed by atoms with E-state index in [0.717, 1.165) is 36.7 Å². The predicted molar refractivity (Wildman–Crippen MR) is 66.0 cm³/mol. The molecule has 1 aromatic carbocycles. The summed E-state index contributed by atoms with van der Waals surface area (Å²) in [6, 6.07) is 10.5. The normalized spacial score (nSPS) is 30.4. The number of hydrogen-bond acceptors (Lipinski definition) is 3. The lowest BCUT2D eigenvalue weighted by molar-refractivity contribution is 0.136. The zero-order valence-electron chi connectivity index (χ0n) is 10.0. The van der Waals surface area contributed by atoms with E-state index in [1.807, 2.05) is 12.1 Å². The maximum atomic E-state index is 9.40. The van der Waals surface area contributed by atoms with Gasteiger partial charge in [-0.05, 0) is 49.4 Å². The molecule has 3 heteroatoms. The van der Waals surface area contributed by atoms with Crippen LogP contribution in [-0.4, -0.2) is 19.2 Å². The van der Waals surface area contributed by atoms with Crippen molar-refractivity contribution in [3.05, 3.63) is 24.3 Å². The van der Waals surface area contributed by atoms with Crippen LogP contribution in [0.5, 0.6) is 5.75 Å². The van der Waals surface area contributed by atoms with E-state index in [1.54, 1.807) is 7.11 Å². The van der Waals surface area contributed by atoms with Crippen molar-refractivity contribution < 1.29 is 4.74 Å². The minimum atomic E-state index is -0.225. The van der Waals surface area contributed by atoms with Gasteiger partial charge < -0.3 is 9.64 Å². The number of methoxy groups -OCH3 is 1. The second-order valence-corrected chi connectivity index (χ2v) is 5.06. The molecule has 88 valence electrons. The highest BCUT2D eigenvalue weighted by molar-refractivity contribution is 5.55. The number of rotatable bonds is 2. The summed E-state index contributed by atoms with van der Waals surface area (Å²) in [6.45, 7) is 1.00. The van der Waals surface area contributed by atoms with Gasteiger partial charge in [0.15, 0.2) is 0 Å². The van der Waals surface area contributed by atoms with Crippen LogP contribution in [0.15, 0.2) is 24.3 Å². The third kappa shape index (κ3) is 1.48. The van der Waals surface area contributed by atoms with Gasteiger partial charge in [0, 0.05) is 12.2 Å². The molecule has 1 saturated carbocycles. The van der Waals surface area contributed by atoms with E-state index >= 15 is 0 Å². The SMILES string of the molecule is COc1ccc(N2CCC3CC2(C#N)C3)cc1. The van der Waals surface area contributed by atoms with Crippen molar-refractivity contribution in [1.82, 2.24) is 0 Å². The highest BCUT2D eigenvalue weighted by Crippen LogP contribution is 2.50. The lowest BCUT2D eigenvalue weighted by Crippen LogP contribution is -2.62. The number of ether oxygens (including phenoxy) is 1. The van der Waals surface area contributed by atoms with Crippen molar-refractivity contribution in [2.45, 2.75) is 24.8 Å². The third-order valence-electron chi connectivity index (χ3n) is 4.12. The first kappa shape index (κ1) is 10.5. The summed E-state index contributed by atoms with van der Waals surface area (Å²) in [4.78, 5) is 2.27. The summed E-state index contributed by atoms with van der Waals surface area (Å²) in [6.07, 6.45) is 3.29. The molecule has 0 N–H and O–H groups in total. The lowest BCUT2D eigenvalue weighted by atomic mass is 9.63. The Balaban J connectivity index is 1.89. The molecule has 0 aromatic heterocycles. The molecule has 3 nitrogen and oxygen atoms in total. The van der Waals surface area contributed by atoms with Crippen molar-refractivity contribution in [3.8, 4) is 11.8 Å². The van der Waals surface area contributed by atoms with Crippen molar-refractivity contribution >= 4 is 5.69 Å². The van der Waals surface area contributed by atoms with E-state index in [0.29, 0.717) is 0 Å². The first-order valence-corrected chi connectivity index (χ1v) is 6.10. The van der Waals surface area contributed by atoms with Crippen LogP contribution < -0.4 is 9.64 Å². The van der Waals surface area contributed by atoms with E-state index in [-0.39, 0.29) is 5.54 Å². The molecule has 0 atom stereocenters. The van der Waals surface area contributed by atoms with Crippen LogP contribution in [0, 0.1) is 17.2 Å². The number of fused-ring (bicyclic) bond motifs is 2. The lowest BCUT2D eigenvalue weighted by Gasteiger charge is -2.56. The zero-order chi connectivity index (χ0) is 11.9. The smallest absolute Gasteiger partial charge is 0.128 e. The molecule has 0 unspecified atom stereocenters. The standard InChI is InChI=1S/C14H16N2O/c1-17-13-4-2-12(3-5-13)16-7-6-11-8-14(16,9-11)10-15/h2-5,11H,6-9H2,1H3. The van der Waals surface area contributed by atoms with Gasteiger partial charge in [-0.1, -0.05) is 0 Å². The Morgan fingerprint density at radius 2 is 2.06 bits per heavy atom. The summed E-state index contributed by atoms with van der Waals surface area (Å²) in [7, 11) is 1.67. The molecule has 0 radical (unpaired) electrons. The van der Waals surface area contributed by atoms with E-state index in [4.69, 9.17) is 4.74 Å². The molecule has 2 aliphatic heterocycles. The van der Waals surface area contributed by atoms with Gasteiger partial charge >= 0.3 is 0 Å². The van der Waals surface area contributed by atoms with Crippen LogP contribution in [0.25, 0.3) is 0 Å². The Morgan fingerprint density at radius 1 is 1.35 bits per heavy atom. The van der Waals surface area contributed by atoms with Crippen LogP contribution in [0.2, 0.25) is 0 Å². The fourth-order valence-corrected chi connectivity index (χ4v) is 3.14. The molecular weight excluding hydrogens is 212 g/mol. The van der Waals surface area contributed by atoms with Gasteiger partial charge in [0.1, 0.15) is 11.3 Å². The van der Waals surface area contributed by atoms with Crippen LogP contribution in [0.4, 0.5) is 5.69 Å². The molecule has 3 fully saturated rings. The second kappa shape index (κ2) is 3.66. The number of nitrogens with zero attached hydrogens (tertiary/aromatic N) is 2. The molecule has 0 amide bonds. The van der Waals surface area contributed by atoms with Crippen LogP contribution in [0.1, 0.15) is 19.3 Å². The molecule has 2 bridgehead atoms. The van der Waals surface area contributed by atoms with Gasteiger partial charge in [-0.3, -0.25) is 0 Å². The first-order valence-electron chi connectivity index (χ1n) is 6.10. The maximum Gasteiger partial charge on any atom is 0.128 e. The average molecular weight is 228 g/mol. The Morgan fingerprint density at radius 3 is 2.65 bits per heavy atom. The third-order valence-corrected chi connectivity index (χ3v) is 4.12. The van der Waals surface area contributed by atoms with Crippen LogP contribution in [0.3, 0.4) is 0 Å². The number of benzene rings is 1. The quantitative estimate of drug-likeness (QED) is 0.780. The molecule has 2 heterocycles. The largest absolute Gasteiger partial charge is 0.497 e. The van der Waals surface area contributed by atoms with Crippen molar-refractivity contribution in [2.24, 2.45) is 5.92 Å². The molecule has 3 aliphatic rings. The van der Waals surface area contributed by atoms with Crippen molar-refractivity contribution in [3.63, 3.8) is 0 Å². The van der Waals surface area contributed by atoms with E-state index in [2.05, 4.69) is 23.1 Å². The summed E-state index contributed by atoms with van der Waals surface area (Å²) in [5.74, 6) is 1.65. The van der Waals surface area contributed by atoms with Gasteiger partial charge in [-0.2, -0.15) is 5.26 Å². The minimum Gasteiger partial charge on any atom is -0.497 e. The molecule has 1 aromatic rings. The first-order chi connectivity index (χ1) is 8.27. The minimum absolute atomic E-state index is 0.225.